The van der Waals surface area contributed by atoms with E-state index in [-0.39, 0.29) is 29.5 Å². The van der Waals surface area contributed by atoms with E-state index in [2.05, 4.69) is 10.3 Å². The third kappa shape index (κ3) is 5.23. The monoisotopic (exact) mass is 445 g/mol. The van der Waals surface area contributed by atoms with Crippen molar-refractivity contribution in [3.05, 3.63) is 65.1 Å². The van der Waals surface area contributed by atoms with Gasteiger partial charge < -0.3 is 24.9 Å². The number of hydrogen-bond acceptors (Lipinski definition) is 6. The fourth-order valence-corrected chi connectivity index (χ4v) is 3.04. The summed E-state index contributed by atoms with van der Waals surface area (Å²) in [7, 11) is 0. The Morgan fingerprint density at radius 3 is 2.50 bits per heavy atom. The summed E-state index contributed by atoms with van der Waals surface area (Å²) in [4.78, 5) is 17.1. The second-order valence-electron chi connectivity index (χ2n) is 6.97. The maximum Gasteiger partial charge on any atom is 0.273 e. The number of nitrogens with two attached hydrogens (primary N) is 1. The molecular formula is C23H25F2N3O4. The van der Waals surface area contributed by atoms with Gasteiger partial charge in [0.1, 0.15) is 11.6 Å². The van der Waals surface area contributed by atoms with E-state index in [9.17, 15) is 13.6 Å². The molecule has 1 atom stereocenters. The Morgan fingerprint density at radius 2 is 1.84 bits per heavy atom. The standard InChI is InChI=1S/C23H25F2N3O4/c1-4-30-18-9-7-14(10-19(18)31-5-2)23-28-20(21(32-23)13(3)26)22(29)27-12-15-6-8-16(24)11-17(15)25/h6-11,13H,4-5,12,26H2,1-3H3,(H,27,29)/t13-/m0/s1. The molecule has 0 spiro atoms. The van der Waals surface area contributed by atoms with Gasteiger partial charge in [-0.25, -0.2) is 13.8 Å². The fraction of sp³-hybridized carbons (Fsp3) is 0.304. The Labute approximate surface area is 184 Å². The number of amides is 1. The molecular weight excluding hydrogens is 420 g/mol. The molecule has 7 nitrogen and oxygen atoms in total. The van der Waals surface area contributed by atoms with Crippen molar-refractivity contribution < 1.29 is 27.5 Å². The summed E-state index contributed by atoms with van der Waals surface area (Å²) in [6, 6.07) is 7.70. The van der Waals surface area contributed by atoms with Gasteiger partial charge in [0.2, 0.25) is 5.89 Å². The zero-order valence-corrected chi connectivity index (χ0v) is 18.1. The molecule has 0 radical (unpaired) electrons. The SMILES string of the molecule is CCOc1ccc(-c2nc(C(=O)NCc3ccc(F)cc3F)c([C@H](C)N)o2)cc1OCC. The molecule has 0 aliphatic carbocycles. The van der Waals surface area contributed by atoms with Crippen molar-refractivity contribution in [3.8, 4) is 23.0 Å². The van der Waals surface area contributed by atoms with Gasteiger partial charge in [-0.2, -0.15) is 0 Å². The molecule has 32 heavy (non-hydrogen) atoms. The zero-order valence-electron chi connectivity index (χ0n) is 18.1. The van der Waals surface area contributed by atoms with Gasteiger partial charge in [0.25, 0.3) is 5.91 Å². The number of hydrogen-bond donors (Lipinski definition) is 2. The largest absolute Gasteiger partial charge is 0.490 e. The lowest BCUT2D eigenvalue weighted by Gasteiger charge is -2.11. The molecule has 1 amide bonds. The number of halogens is 2. The quantitative estimate of drug-likeness (QED) is 0.508. The highest BCUT2D eigenvalue weighted by Crippen LogP contribution is 2.34. The zero-order chi connectivity index (χ0) is 23.3. The number of benzene rings is 2. The highest BCUT2D eigenvalue weighted by Gasteiger charge is 2.24. The van der Waals surface area contributed by atoms with Crippen LogP contribution in [0.15, 0.2) is 40.8 Å². The van der Waals surface area contributed by atoms with Gasteiger partial charge in [-0.3, -0.25) is 4.79 Å². The summed E-state index contributed by atoms with van der Waals surface area (Å²) in [6.45, 7) is 6.15. The van der Waals surface area contributed by atoms with E-state index in [4.69, 9.17) is 19.6 Å². The van der Waals surface area contributed by atoms with Gasteiger partial charge in [0.15, 0.2) is 23.0 Å². The predicted octanol–water partition coefficient (Wildman–Crippen LogP) is 4.37. The van der Waals surface area contributed by atoms with Crippen LogP contribution in [-0.4, -0.2) is 24.1 Å². The average Bonchev–Trinajstić information content (AvgIpc) is 3.20. The van der Waals surface area contributed by atoms with Crippen LogP contribution in [0, 0.1) is 11.6 Å². The summed E-state index contributed by atoms with van der Waals surface area (Å²) in [5, 5.41) is 2.57. The van der Waals surface area contributed by atoms with Crippen LogP contribution in [0.1, 0.15) is 48.6 Å². The van der Waals surface area contributed by atoms with Crippen LogP contribution in [0.3, 0.4) is 0 Å². The summed E-state index contributed by atoms with van der Waals surface area (Å²) < 4.78 is 43.9. The summed E-state index contributed by atoms with van der Waals surface area (Å²) in [6.07, 6.45) is 0. The Bertz CT molecular complexity index is 1100. The second kappa shape index (κ2) is 10.2. The molecule has 3 rings (SSSR count). The fourth-order valence-electron chi connectivity index (χ4n) is 3.04. The Kier molecular flexibility index (Phi) is 7.42. The van der Waals surface area contributed by atoms with Crippen molar-refractivity contribution in [2.45, 2.75) is 33.4 Å². The number of nitrogens with one attached hydrogen (secondary N) is 1. The van der Waals surface area contributed by atoms with E-state index in [0.717, 1.165) is 12.1 Å². The summed E-state index contributed by atoms with van der Waals surface area (Å²) in [5.74, 6) is -0.576. The van der Waals surface area contributed by atoms with Crippen molar-refractivity contribution in [2.75, 3.05) is 13.2 Å². The summed E-state index contributed by atoms with van der Waals surface area (Å²) in [5.41, 5.74) is 6.67. The van der Waals surface area contributed by atoms with E-state index < -0.39 is 23.6 Å². The van der Waals surface area contributed by atoms with E-state index in [1.54, 1.807) is 25.1 Å². The molecule has 9 heteroatoms. The summed E-state index contributed by atoms with van der Waals surface area (Å²) >= 11 is 0. The van der Waals surface area contributed by atoms with Crippen LogP contribution in [0.25, 0.3) is 11.5 Å². The molecule has 3 N–H and O–H groups in total. The molecule has 1 heterocycles. The highest BCUT2D eigenvalue weighted by atomic mass is 19.1. The minimum atomic E-state index is -0.753. The molecule has 0 saturated carbocycles. The van der Waals surface area contributed by atoms with Crippen molar-refractivity contribution in [1.29, 1.82) is 0 Å². The first-order valence-electron chi connectivity index (χ1n) is 10.2. The van der Waals surface area contributed by atoms with Gasteiger partial charge in [0.05, 0.1) is 19.3 Å². The number of carbonyl (C=O) groups is 1. The normalized spacial score (nSPS) is 11.8. The van der Waals surface area contributed by atoms with E-state index in [1.165, 1.54) is 6.07 Å². The molecule has 0 aliphatic rings. The maximum absolute atomic E-state index is 13.9. The van der Waals surface area contributed by atoms with Crippen LogP contribution >= 0.6 is 0 Å². The molecule has 0 bridgehead atoms. The van der Waals surface area contributed by atoms with E-state index >= 15 is 0 Å². The van der Waals surface area contributed by atoms with Crippen LogP contribution in [0.4, 0.5) is 8.78 Å². The Balaban J connectivity index is 1.88. The number of carbonyl (C=O) groups excluding carboxylic acids is 1. The lowest BCUT2D eigenvalue weighted by atomic mass is 10.2. The Hall–Kier alpha value is -3.46. The van der Waals surface area contributed by atoms with Gasteiger partial charge >= 0.3 is 0 Å². The predicted molar refractivity (Wildman–Crippen MR) is 114 cm³/mol. The smallest absolute Gasteiger partial charge is 0.273 e. The minimum absolute atomic E-state index is 0.00985. The van der Waals surface area contributed by atoms with Crippen LogP contribution in [0.5, 0.6) is 11.5 Å². The topological polar surface area (TPSA) is 99.6 Å². The number of rotatable bonds is 9. The van der Waals surface area contributed by atoms with Crippen LogP contribution < -0.4 is 20.5 Å². The number of aromatic nitrogens is 1. The molecule has 0 unspecified atom stereocenters. The lowest BCUT2D eigenvalue weighted by molar-refractivity contribution is 0.0943. The highest BCUT2D eigenvalue weighted by molar-refractivity contribution is 5.94. The number of oxazole rings is 1. The van der Waals surface area contributed by atoms with Gasteiger partial charge in [-0.15, -0.1) is 0 Å². The minimum Gasteiger partial charge on any atom is -0.490 e. The maximum atomic E-state index is 13.9. The first kappa shape index (κ1) is 23.2. The molecule has 0 fully saturated rings. The van der Waals surface area contributed by atoms with Crippen molar-refractivity contribution >= 4 is 5.91 Å². The van der Waals surface area contributed by atoms with Crippen LogP contribution in [-0.2, 0) is 6.54 Å². The lowest BCUT2D eigenvalue weighted by Crippen LogP contribution is -2.25. The van der Waals surface area contributed by atoms with Gasteiger partial charge in [-0.05, 0) is 45.0 Å². The number of nitrogens with zero attached hydrogens (tertiary/aromatic N) is 1. The van der Waals surface area contributed by atoms with E-state index in [0.29, 0.717) is 30.3 Å². The number of ether oxygens (including phenoxy) is 2. The van der Waals surface area contributed by atoms with Crippen LogP contribution in [0.2, 0.25) is 0 Å². The molecule has 2 aromatic carbocycles. The Morgan fingerprint density at radius 1 is 1.12 bits per heavy atom. The van der Waals surface area contributed by atoms with Gasteiger partial charge in [-0.1, -0.05) is 6.07 Å². The molecule has 1 aromatic heterocycles. The molecule has 0 saturated heterocycles. The molecule has 3 aromatic rings. The van der Waals surface area contributed by atoms with E-state index in [1.807, 2.05) is 13.8 Å². The van der Waals surface area contributed by atoms with Crippen molar-refractivity contribution in [2.24, 2.45) is 5.73 Å². The van der Waals surface area contributed by atoms with Crippen molar-refractivity contribution in [1.82, 2.24) is 10.3 Å². The molecule has 170 valence electrons. The van der Waals surface area contributed by atoms with Crippen molar-refractivity contribution in [3.63, 3.8) is 0 Å². The third-order valence-electron chi connectivity index (χ3n) is 4.53. The first-order valence-corrected chi connectivity index (χ1v) is 10.2. The second-order valence-corrected chi connectivity index (χ2v) is 6.97. The average molecular weight is 445 g/mol. The van der Waals surface area contributed by atoms with Gasteiger partial charge in [0, 0.05) is 23.7 Å². The first-order chi connectivity index (χ1) is 15.3. The molecule has 0 aliphatic heterocycles. The third-order valence-corrected chi connectivity index (χ3v) is 4.53.